The molecule has 0 bridgehead atoms. The molecule has 6 rings (SSSR count). The summed E-state index contributed by atoms with van der Waals surface area (Å²) in [4.78, 5) is 17.0. The quantitative estimate of drug-likeness (QED) is 0.392. The molecule has 1 unspecified atom stereocenters. The van der Waals surface area contributed by atoms with Crippen molar-refractivity contribution >= 4 is 22.4 Å². The van der Waals surface area contributed by atoms with E-state index in [1.54, 1.807) is 0 Å². The molecule has 182 valence electrons. The lowest BCUT2D eigenvalue weighted by molar-refractivity contribution is -0.138. The number of likely N-dealkylation sites (N-methyl/N-ethyl adjacent to an activating group) is 1. The topological polar surface area (TPSA) is 23.6 Å². The van der Waals surface area contributed by atoms with E-state index >= 15 is 0 Å². The minimum absolute atomic E-state index is 0.0597. The van der Waals surface area contributed by atoms with Gasteiger partial charge in [-0.05, 0) is 78.1 Å². The summed E-state index contributed by atoms with van der Waals surface area (Å²) in [7, 11) is 2.00. The Morgan fingerprint density at radius 1 is 1.00 bits per heavy atom. The Labute approximate surface area is 210 Å². The lowest BCUT2D eigenvalue weighted by Crippen LogP contribution is -2.56. The fourth-order valence-corrected chi connectivity index (χ4v) is 6.96. The fraction of sp³-hybridized carbons (Fsp3) is 0.469. The molecule has 1 amide bonds. The van der Waals surface area contributed by atoms with Crippen molar-refractivity contribution < 1.29 is 4.79 Å². The average molecular weight is 467 g/mol. The molecule has 35 heavy (non-hydrogen) atoms. The number of nitrogens with zero attached hydrogens (tertiary/aromatic N) is 2. The zero-order valence-electron chi connectivity index (χ0n) is 21.5. The lowest BCUT2D eigenvalue weighted by atomic mass is 9.63. The third-order valence-electron chi connectivity index (χ3n) is 9.08. The molecule has 3 aromatic rings. The number of likely N-dealkylation sites (tertiary alicyclic amines) is 1. The highest BCUT2D eigenvalue weighted by Crippen LogP contribution is 2.47. The van der Waals surface area contributed by atoms with E-state index in [-0.39, 0.29) is 5.41 Å². The maximum absolute atomic E-state index is 12.4. The van der Waals surface area contributed by atoms with Crippen LogP contribution in [0.2, 0.25) is 0 Å². The van der Waals surface area contributed by atoms with Crippen LogP contribution < -0.4 is 4.90 Å². The van der Waals surface area contributed by atoms with Crippen LogP contribution in [0.15, 0.2) is 54.6 Å². The summed E-state index contributed by atoms with van der Waals surface area (Å²) in [5, 5.41) is 2.72. The molecule has 2 fully saturated rings. The van der Waals surface area contributed by atoms with Crippen molar-refractivity contribution in [3.05, 3.63) is 65.7 Å². The van der Waals surface area contributed by atoms with Crippen LogP contribution in [0.4, 0.5) is 5.69 Å². The molecule has 2 atom stereocenters. The highest BCUT2D eigenvalue weighted by Gasteiger charge is 2.46. The van der Waals surface area contributed by atoms with E-state index in [2.05, 4.69) is 73.3 Å². The number of fused-ring (bicyclic) bond motifs is 4. The third kappa shape index (κ3) is 3.84. The van der Waals surface area contributed by atoms with Crippen molar-refractivity contribution in [3.63, 3.8) is 0 Å². The van der Waals surface area contributed by atoms with Crippen LogP contribution in [0.5, 0.6) is 0 Å². The van der Waals surface area contributed by atoms with E-state index < -0.39 is 0 Å². The first-order chi connectivity index (χ1) is 17.0. The van der Waals surface area contributed by atoms with Crippen molar-refractivity contribution in [1.82, 2.24) is 4.90 Å². The van der Waals surface area contributed by atoms with Gasteiger partial charge < -0.3 is 9.80 Å². The van der Waals surface area contributed by atoms with Gasteiger partial charge in [0, 0.05) is 49.1 Å². The van der Waals surface area contributed by atoms with E-state index in [9.17, 15) is 4.79 Å². The Morgan fingerprint density at radius 3 is 2.57 bits per heavy atom. The summed E-state index contributed by atoms with van der Waals surface area (Å²) in [6.45, 7) is 6.97. The van der Waals surface area contributed by atoms with Gasteiger partial charge in [-0.15, -0.1) is 0 Å². The number of aryl methyl sites for hydroxylation is 1. The highest BCUT2D eigenvalue weighted by molar-refractivity contribution is 6.03. The molecule has 3 aliphatic rings. The molecule has 2 aliphatic carbocycles. The molecule has 0 N–H and O–H groups in total. The molecule has 1 saturated heterocycles. The number of hydrogen-bond acceptors (Lipinski definition) is 2. The molecule has 3 aromatic carbocycles. The summed E-state index contributed by atoms with van der Waals surface area (Å²) in [6.07, 6.45) is 7.66. The number of carbonyl (C=O) groups is 1. The number of hydrogen-bond donors (Lipinski definition) is 0. The lowest BCUT2D eigenvalue weighted by Gasteiger charge is -2.50. The van der Waals surface area contributed by atoms with Crippen molar-refractivity contribution in [3.8, 4) is 11.1 Å². The minimum Gasteiger partial charge on any atom is -0.371 e. The van der Waals surface area contributed by atoms with Gasteiger partial charge in [-0.2, -0.15) is 0 Å². The smallest absolute Gasteiger partial charge is 0.222 e. The molecule has 0 aromatic heterocycles. The number of piperidine rings is 1. The number of amides is 1. The SMILES string of the molecule is CCCN(CC1CC1)c1ccc(-c2ccc3c(c2)CCC2N(C)C(=O)CC[C@]32C)c2ccccc12. The van der Waals surface area contributed by atoms with E-state index in [1.165, 1.54) is 64.5 Å². The predicted molar refractivity (Wildman–Crippen MR) is 146 cm³/mol. The van der Waals surface area contributed by atoms with E-state index in [4.69, 9.17) is 0 Å². The number of benzene rings is 3. The fourth-order valence-electron chi connectivity index (χ4n) is 6.96. The van der Waals surface area contributed by atoms with Crippen molar-refractivity contribution in [2.24, 2.45) is 5.92 Å². The van der Waals surface area contributed by atoms with Crippen molar-refractivity contribution in [1.29, 1.82) is 0 Å². The molecular weight excluding hydrogens is 428 g/mol. The number of rotatable bonds is 6. The summed E-state index contributed by atoms with van der Waals surface area (Å²) < 4.78 is 0. The summed E-state index contributed by atoms with van der Waals surface area (Å²) in [5.74, 6) is 1.18. The van der Waals surface area contributed by atoms with Gasteiger partial charge in [-0.25, -0.2) is 0 Å². The van der Waals surface area contributed by atoms with Gasteiger partial charge in [0.05, 0.1) is 0 Å². The van der Waals surface area contributed by atoms with Crippen LogP contribution in [0, 0.1) is 5.92 Å². The van der Waals surface area contributed by atoms with Gasteiger partial charge in [0.1, 0.15) is 0 Å². The molecule has 1 heterocycles. The highest BCUT2D eigenvalue weighted by atomic mass is 16.2. The second-order valence-corrected chi connectivity index (χ2v) is 11.4. The number of carbonyl (C=O) groups excluding carboxylic acids is 1. The van der Waals surface area contributed by atoms with Crippen molar-refractivity contribution in [2.45, 2.75) is 70.3 Å². The predicted octanol–water partition coefficient (Wildman–Crippen LogP) is 6.96. The Morgan fingerprint density at radius 2 is 1.80 bits per heavy atom. The van der Waals surface area contributed by atoms with Gasteiger partial charge in [0.2, 0.25) is 5.91 Å². The zero-order chi connectivity index (χ0) is 24.2. The van der Waals surface area contributed by atoms with Crippen LogP contribution >= 0.6 is 0 Å². The zero-order valence-corrected chi connectivity index (χ0v) is 21.5. The number of anilines is 1. The van der Waals surface area contributed by atoms with E-state index in [1.807, 2.05) is 11.9 Å². The third-order valence-corrected chi connectivity index (χ3v) is 9.08. The van der Waals surface area contributed by atoms with E-state index in [0.29, 0.717) is 18.4 Å². The van der Waals surface area contributed by atoms with E-state index in [0.717, 1.165) is 31.7 Å². The molecule has 1 aliphatic heterocycles. The molecule has 3 heteroatoms. The standard InChI is InChI=1S/C32H38N2O/c1-4-19-34(21-22-9-10-22)29-15-13-25(26-7-5-6-8-27(26)29)23-11-14-28-24(20-23)12-16-30-32(28,2)18-17-31(35)33(30)3/h5-8,11,13-15,20,22,30H,4,9-10,12,16-19,21H2,1-3H3/t30?,32-/m1/s1. The Kier molecular flexibility index (Phi) is 5.62. The minimum atomic E-state index is 0.0597. The van der Waals surface area contributed by atoms with Gasteiger partial charge in [0.25, 0.3) is 0 Å². The van der Waals surface area contributed by atoms with Crippen LogP contribution in [-0.2, 0) is 16.6 Å². The Hall–Kier alpha value is -2.81. The van der Waals surface area contributed by atoms with Crippen LogP contribution in [0.25, 0.3) is 21.9 Å². The Bertz CT molecular complexity index is 1280. The van der Waals surface area contributed by atoms with Gasteiger partial charge >= 0.3 is 0 Å². The normalized spacial score (nSPS) is 23.8. The second-order valence-electron chi connectivity index (χ2n) is 11.4. The summed E-state index contributed by atoms with van der Waals surface area (Å²) in [5.41, 5.74) is 7.02. The molecule has 0 spiro atoms. The molecular formula is C32H38N2O. The first-order valence-electron chi connectivity index (χ1n) is 13.7. The molecule has 3 nitrogen and oxygen atoms in total. The monoisotopic (exact) mass is 466 g/mol. The van der Waals surface area contributed by atoms with Crippen LogP contribution in [-0.4, -0.2) is 37.0 Å². The molecule has 0 radical (unpaired) electrons. The average Bonchev–Trinajstić information content (AvgIpc) is 3.69. The van der Waals surface area contributed by atoms with Gasteiger partial charge in [-0.1, -0.05) is 62.4 Å². The summed E-state index contributed by atoms with van der Waals surface area (Å²) >= 11 is 0. The maximum Gasteiger partial charge on any atom is 0.222 e. The Balaban J connectivity index is 1.40. The van der Waals surface area contributed by atoms with Gasteiger partial charge in [0.15, 0.2) is 0 Å². The largest absolute Gasteiger partial charge is 0.371 e. The van der Waals surface area contributed by atoms with Crippen LogP contribution in [0.1, 0.15) is 63.5 Å². The second kappa shape index (κ2) is 8.69. The van der Waals surface area contributed by atoms with Gasteiger partial charge in [-0.3, -0.25) is 4.79 Å². The van der Waals surface area contributed by atoms with Crippen molar-refractivity contribution in [2.75, 3.05) is 25.0 Å². The molecule has 1 saturated carbocycles. The van der Waals surface area contributed by atoms with Crippen LogP contribution in [0.3, 0.4) is 0 Å². The first-order valence-corrected chi connectivity index (χ1v) is 13.7. The maximum atomic E-state index is 12.4. The first kappa shape index (κ1) is 22.6. The summed E-state index contributed by atoms with van der Waals surface area (Å²) in [6, 6.07) is 21.2.